The second-order valence-corrected chi connectivity index (χ2v) is 8.85. The maximum atomic E-state index is 12.6. The summed E-state index contributed by atoms with van der Waals surface area (Å²) in [6.07, 6.45) is 5.41. The molecule has 4 rings (SSSR count). The first-order valence-electron chi connectivity index (χ1n) is 10.4. The number of amides is 1. The summed E-state index contributed by atoms with van der Waals surface area (Å²) in [6, 6.07) is 8.87. The van der Waals surface area contributed by atoms with Crippen LogP contribution in [0.4, 0.5) is 0 Å². The lowest BCUT2D eigenvalue weighted by Crippen LogP contribution is -2.54. The molecule has 3 heterocycles. The largest absolute Gasteiger partial charge is 0.497 e. The van der Waals surface area contributed by atoms with Gasteiger partial charge in [-0.15, -0.1) is 0 Å². The van der Waals surface area contributed by atoms with E-state index in [1.165, 1.54) is 18.4 Å². The van der Waals surface area contributed by atoms with Gasteiger partial charge in [-0.3, -0.25) is 9.69 Å². The fraction of sp³-hybridized carbons (Fsp3) is 0.682. The molecule has 0 saturated carbocycles. The highest BCUT2D eigenvalue weighted by Crippen LogP contribution is 2.41. The minimum atomic E-state index is 0.353. The Balaban J connectivity index is 1.33. The van der Waals surface area contributed by atoms with Crippen molar-refractivity contribution >= 4 is 5.91 Å². The predicted molar refractivity (Wildman–Crippen MR) is 107 cm³/mol. The van der Waals surface area contributed by atoms with Crippen molar-refractivity contribution in [1.82, 2.24) is 14.7 Å². The van der Waals surface area contributed by atoms with Crippen LogP contribution in [0.3, 0.4) is 0 Å². The fourth-order valence-electron chi connectivity index (χ4n) is 5.13. The molecular formula is C22H33N3O2. The molecule has 3 fully saturated rings. The lowest BCUT2D eigenvalue weighted by molar-refractivity contribution is -0.142. The third-order valence-corrected chi connectivity index (χ3v) is 6.98. The van der Waals surface area contributed by atoms with E-state index in [0.29, 0.717) is 17.4 Å². The maximum absolute atomic E-state index is 12.6. The van der Waals surface area contributed by atoms with E-state index in [2.05, 4.69) is 33.9 Å². The van der Waals surface area contributed by atoms with E-state index in [9.17, 15) is 4.79 Å². The van der Waals surface area contributed by atoms with Crippen LogP contribution >= 0.6 is 0 Å². The van der Waals surface area contributed by atoms with Gasteiger partial charge in [0, 0.05) is 32.1 Å². The zero-order chi connectivity index (χ0) is 18.9. The number of likely N-dealkylation sites (N-methyl/N-ethyl adjacent to an activating group) is 1. The summed E-state index contributed by atoms with van der Waals surface area (Å²) in [4.78, 5) is 19.7. The first kappa shape index (κ1) is 18.8. The van der Waals surface area contributed by atoms with Crippen molar-refractivity contribution < 1.29 is 9.53 Å². The van der Waals surface area contributed by atoms with E-state index in [0.717, 1.165) is 64.3 Å². The molecular weight excluding hydrogens is 338 g/mol. The van der Waals surface area contributed by atoms with Crippen LogP contribution in [0.2, 0.25) is 0 Å². The van der Waals surface area contributed by atoms with Crippen LogP contribution in [0.5, 0.6) is 5.75 Å². The van der Waals surface area contributed by atoms with Gasteiger partial charge in [-0.2, -0.15) is 0 Å². The van der Waals surface area contributed by atoms with E-state index in [1.807, 2.05) is 12.1 Å². The number of methoxy groups -OCH3 is 1. The molecule has 3 aliphatic rings. The molecule has 148 valence electrons. The Morgan fingerprint density at radius 3 is 2.48 bits per heavy atom. The summed E-state index contributed by atoms with van der Waals surface area (Å²) in [7, 11) is 3.88. The number of benzene rings is 1. The fourth-order valence-corrected chi connectivity index (χ4v) is 5.13. The van der Waals surface area contributed by atoms with Crippen LogP contribution in [-0.2, 0) is 11.3 Å². The van der Waals surface area contributed by atoms with Gasteiger partial charge in [-0.25, -0.2) is 0 Å². The first-order valence-corrected chi connectivity index (χ1v) is 10.4. The number of ether oxygens (including phenoxy) is 1. The molecule has 1 aromatic carbocycles. The van der Waals surface area contributed by atoms with Crippen molar-refractivity contribution in [2.24, 2.45) is 5.41 Å². The van der Waals surface area contributed by atoms with E-state index in [4.69, 9.17) is 4.74 Å². The van der Waals surface area contributed by atoms with Crippen molar-refractivity contribution in [3.8, 4) is 5.75 Å². The molecule has 0 radical (unpaired) electrons. The number of rotatable bonds is 4. The summed E-state index contributed by atoms with van der Waals surface area (Å²) in [5.41, 5.74) is 1.70. The first-order chi connectivity index (χ1) is 13.1. The normalized spacial score (nSPS) is 26.7. The second-order valence-electron chi connectivity index (χ2n) is 8.85. The molecule has 0 aromatic heterocycles. The van der Waals surface area contributed by atoms with Gasteiger partial charge >= 0.3 is 0 Å². The molecule has 0 aliphatic carbocycles. The molecule has 1 amide bonds. The standard InChI is InChI=1S/C22H33N3O2/c1-23-12-8-19(16-23)25-17-22(9-7-21(25)26)10-13-24(14-11-22)15-18-3-5-20(27-2)6-4-18/h3-6,19H,7-17H2,1-2H3. The Morgan fingerprint density at radius 2 is 1.85 bits per heavy atom. The maximum Gasteiger partial charge on any atom is 0.222 e. The highest BCUT2D eigenvalue weighted by molar-refractivity contribution is 5.77. The van der Waals surface area contributed by atoms with E-state index in [1.54, 1.807) is 7.11 Å². The zero-order valence-electron chi connectivity index (χ0n) is 16.8. The van der Waals surface area contributed by atoms with Crippen molar-refractivity contribution in [1.29, 1.82) is 0 Å². The lowest BCUT2D eigenvalue weighted by Gasteiger charge is -2.49. The van der Waals surface area contributed by atoms with Gasteiger partial charge < -0.3 is 14.5 Å². The topological polar surface area (TPSA) is 36.0 Å². The Kier molecular flexibility index (Phi) is 5.42. The molecule has 0 bridgehead atoms. The van der Waals surface area contributed by atoms with E-state index in [-0.39, 0.29) is 0 Å². The molecule has 5 heteroatoms. The second kappa shape index (κ2) is 7.80. The monoisotopic (exact) mass is 371 g/mol. The van der Waals surface area contributed by atoms with Gasteiger partial charge in [0.2, 0.25) is 5.91 Å². The average Bonchev–Trinajstić information content (AvgIpc) is 3.13. The van der Waals surface area contributed by atoms with E-state index >= 15 is 0 Å². The summed E-state index contributed by atoms with van der Waals surface area (Å²) >= 11 is 0. The zero-order valence-corrected chi connectivity index (χ0v) is 16.8. The molecule has 3 saturated heterocycles. The summed E-state index contributed by atoms with van der Waals surface area (Å²) in [5.74, 6) is 1.31. The van der Waals surface area contributed by atoms with Crippen LogP contribution in [-0.4, -0.2) is 73.5 Å². The number of hydrogen-bond donors (Lipinski definition) is 0. The number of nitrogens with zero attached hydrogens (tertiary/aromatic N) is 3. The SMILES string of the molecule is COc1ccc(CN2CCC3(CCC(=O)N(C4CCN(C)C4)C3)CC2)cc1. The Hall–Kier alpha value is -1.59. The minimum absolute atomic E-state index is 0.353. The van der Waals surface area contributed by atoms with Gasteiger partial charge in [0.25, 0.3) is 0 Å². The molecule has 0 N–H and O–H groups in total. The number of piperidine rings is 2. The highest BCUT2D eigenvalue weighted by atomic mass is 16.5. The van der Waals surface area contributed by atoms with Crippen LogP contribution < -0.4 is 4.74 Å². The number of hydrogen-bond acceptors (Lipinski definition) is 4. The molecule has 1 spiro atoms. The summed E-state index contributed by atoms with van der Waals surface area (Å²) in [5, 5.41) is 0. The molecule has 1 atom stereocenters. The molecule has 5 nitrogen and oxygen atoms in total. The Labute approximate surface area is 163 Å². The van der Waals surface area contributed by atoms with Crippen LogP contribution in [0.25, 0.3) is 0 Å². The molecule has 1 aromatic rings. The number of carbonyl (C=O) groups is 1. The van der Waals surface area contributed by atoms with Crippen LogP contribution in [0.15, 0.2) is 24.3 Å². The van der Waals surface area contributed by atoms with E-state index < -0.39 is 0 Å². The number of likely N-dealkylation sites (tertiary alicyclic amines) is 3. The average molecular weight is 372 g/mol. The van der Waals surface area contributed by atoms with Crippen LogP contribution in [0, 0.1) is 5.41 Å². The Bertz CT molecular complexity index is 652. The predicted octanol–water partition coefficient (Wildman–Crippen LogP) is 2.60. The quantitative estimate of drug-likeness (QED) is 0.815. The van der Waals surface area contributed by atoms with Crippen LogP contribution in [0.1, 0.15) is 37.7 Å². The summed E-state index contributed by atoms with van der Waals surface area (Å²) < 4.78 is 5.25. The lowest BCUT2D eigenvalue weighted by atomic mass is 9.72. The summed E-state index contributed by atoms with van der Waals surface area (Å²) in [6.45, 7) is 6.44. The number of carbonyl (C=O) groups excluding carboxylic acids is 1. The van der Waals surface area contributed by atoms with Crippen molar-refractivity contribution in [2.45, 2.75) is 44.7 Å². The van der Waals surface area contributed by atoms with Gasteiger partial charge in [0.15, 0.2) is 0 Å². The highest BCUT2D eigenvalue weighted by Gasteiger charge is 2.43. The molecule has 27 heavy (non-hydrogen) atoms. The van der Waals surface area contributed by atoms with Crippen molar-refractivity contribution in [2.75, 3.05) is 46.9 Å². The van der Waals surface area contributed by atoms with Gasteiger partial charge in [-0.05, 0) is 75.5 Å². The minimum Gasteiger partial charge on any atom is -0.497 e. The van der Waals surface area contributed by atoms with Gasteiger partial charge in [0.1, 0.15) is 5.75 Å². The van der Waals surface area contributed by atoms with Crippen molar-refractivity contribution in [3.63, 3.8) is 0 Å². The third-order valence-electron chi connectivity index (χ3n) is 6.98. The van der Waals surface area contributed by atoms with Gasteiger partial charge in [-0.1, -0.05) is 12.1 Å². The smallest absolute Gasteiger partial charge is 0.222 e. The third kappa shape index (κ3) is 4.14. The van der Waals surface area contributed by atoms with Crippen molar-refractivity contribution in [3.05, 3.63) is 29.8 Å². The Morgan fingerprint density at radius 1 is 1.11 bits per heavy atom. The molecule has 1 unspecified atom stereocenters. The van der Waals surface area contributed by atoms with Gasteiger partial charge in [0.05, 0.1) is 7.11 Å². The molecule has 3 aliphatic heterocycles.